The van der Waals surface area contributed by atoms with Crippen LogP contribution in [0, 0.1) is 0 Å². The Morgan fingerprint density at radius 2 is 1.48 bits per heavy atom. The maximum absolute atomic E-state index is 11.2. The summed E-state index contributed by atoms with van der Waals surface area (Å²) in [4.78, 5) is 23.3. The van der Waals surface area contributed by atoms with Gasteiger partial charge in [-0.25, -0.2) is 9.59 Å². The number of hydrogen-bond acceptors (Lipinski definition) is 4. The highest BCUT2D eigenvalue weighted by molar-refractivity contribution is 8.76. The molecule has 2 aromatic carbocycles. The van der Waals surface area contributed by atoms with E-state index in [0.29, 0.717) is 14.8 Å². The van der Waals surface area contributed by atoms with E-state index in [1.807, 2.05) is 0 Å². The van der Waals surface area contributed by atoms with Crippen LogP contribution >= 0.6 is 33.2 Å². The van der Waals surface area contributed by atoms with Crippen LogP contribution in [0.15, 0.2) is 52.3 Å². The van der Waals surface area contributed by atoms with E-state index in [1.54, 1.807) is 30.3 Å². The van der Waals surface area contributed by atoms with Crippen molar-refractivity contribution in [2.45, 2.75) is 9.79 Å². The normalized spacial score (nSPS) is 10.3. The molecule has 2 rings (SSSR count). The van der Waals surface area contributed by atoms with Crippen LogP contribution in [0.1, 0.15) is 20.7 Å². The van der Waals surface area contributed by atoms with Crippen molar-refractivity contribution in [2.24, 2.45) is 0 Å². The summed E-state index contributed by atoms with van der Waals surface area (Å²) in [6, 6.07) is 11.1. The minimum atomic E-state index is -1.08. The first-order chi connectivity index (χ1) is 10.0. The number of halogens is 1. The minimum absolute atomic E-state index is 0.0906. The van der Waals surface area contributed by atoms with Crippen molar-refractivity contribution >= 4 is 45.1 Å². The fraction of sp³-hybridized carbons (Fsp3) is 0. The molecule has 4 nitrogen and oxygen atoms in total. The molecule has 0 amide bonds. The highest BCUT2D eigenvalue weighted by Gasteiger charge is 2.16. The summed E-state index contributed by atoms with van der Waals surface area (Å²) in [6.07, 6.45) is 0. The van der Waals surface area contributed by atoms with E-state index in [-0.39, 0.29) is 11.1 Å². The summed E-state index contributed by atoms with van der Waals surface area (Å²) in [6.45, 7) is 0. The smallest absolute Gasteiger partial charge is 0.336 e. The number of carbonyl (C=O) groups is 2. The highest BCUT2D eigenvalue weighted by atomic mass is 35.5. The number of benzene rings is 2. The Kier molecular flexibility index (Phi) is 5.17. The van der Waals surface area contributed by atoms with E-state index >= 15 is 0 Å². The van der Waals surface area contributed by atoms with Gasteiger partial charge >= 0.3 is 11.9 Å². The lowest BCUT2D eigenvalue weighted by Crippen LogP contribution is -1.99. The van der Waals surface area contributed by atoms with Gasteiger partial charge in [-0.05, 0) is 24.3 Å². The molecule has 0 fully saturated rings. The van der Waals surface area contributed by atoms with Gasteiger partial charge in [-0.2, -0.15) is 0 Å². The van der Waals surface area contributed by atoms with Gasteiger partial charge in [0.1, 0.15) is 0 Å². The summed E-state index contributed by atoms with van der Waals surface area (Å²) in [7, 11) is 2.29. The van der Waals surface area contributed by atoms with E-state index in [9.17, 15) is 9.59 Å². The number of aromatic carboxylic acids is 2. The van der Waals surface area contributed by atoms with Crippen molar-refractivity contribution in [3.05, 3.63) is 58.6 Å². The Hall–Kier alpha value is -1.63. The summed E-state index contributed by atoms with van der Waals surface area (Å²) in [5.74, 6) is -2.11. The summed E-state index contributed by atoms with van der Waals surface area (Å²) >= 11 is 6.03. The van der Waals surface area contributed by atoms with Crippen molar-refractivity contribution in [1.29, 1.82) is 0 Å². The highest BCUT2D eigenvalue weighted by Crippen LogP contribution is 2.43. The Labute approximate surface area is 133 Å². The van der Waals surface area contributed by atoms with Gasteiger partial charge in [0.25, 0.3) is 0 Å². The second kappa shape index (κ2) is 6.89. The molecule has 0 aliphatic carbocycles. The fourth-order valence-corrected chi connectivity index (χ4v) is 4.43. The van der Waals surface area contributed by atoms with Crippen LogP contribution in [0.2, 0.25) is 5.02 Å². The first-order valence-electron chi connectivity index (χ1n) is 5.69. The van der Waals surface area contributed by atoms with E-state index in [0.717, 1.165) is 21.6 Å². The summed E-state index contributed by atoms with van der Waals surface area (Å²) < 4.78 is 0. The Balaban J connectivity index is 2.29. The molecular formula is C14H9ClO4S2. The number of carboxylic acid groups (broad SMARTS) is 2. The van der Waals surface area contributed by atoms with Gasteiger partial charge < -0.3 is 10.2 Å². The molecule has 0 spiro atoms. The third kappa shape index (κ3) is 3.72. The molecule has 108 valence electrons. The predicted molar refractivity (Wildman–Crippen MR) is 83.5 cm³/mol. The van der Waals surface area contributed by atoms with Crippen molar-refractivity contribution in [2.75, 3.05) is 0 Å². The molecule has 0 aliphatic rings. The molecule has 0 unspecified atom stereocenters. The molecule has 7 heteroatoms. The van der Waals surface area contributed by atoms with Crippen LogP contribution in [0.3, 0.4) is 0 Å². The molecule has 0 saturated carbocycles. The molecule has 0 aliphatic heterocycles. The zero-order valence-corrected chi connectivity index (χ0v) is 12.8. The van der Waals surface area contributed by atoms with Gasteiger partial charge in [-0.3, -0.25) is 0 Å². The first-order valence-corrected chi connectivity index (χ1v) is 8.22. The maximum atomic E-state index is 11.2. The van der Waals surface area contributed by atoms with E-state index in [2.05, 4.69) is 0 Å². The van der Waals surface area contributed by atoms with Crippen molar-refractivity contribution in [3.63, 3.8) is 0 Å². The Morgan fingerprint density at radius 1 is 0.857 bits per heavy atom. The number of carboxylic acids is 2. The van der Waals surface area contributed by atoms with Gasteiger partial charge in [0.2, 0.25) is 0 Å². The van der Waals surface area contributed by atoms with Gasteiger partial charge in [-0.15, -0.1) is 0 Å². The van der Waals surface area contributed by atoms with Crippen molar-refractivity contribution in [1.82, 2.24) is 0 Å². The minimum Gasteiger partial charge on any atom is -0.478 e. The van der Waals surface area contributed by atoms with Gasteiger partial charge in [0, 0.05) is 4.90 Å². The maximum Gasteiger partial charge on any atom is 0.336 e. The second-order valence-corrected chi connectivity index (χ2v) is 6.48. The van der Waals surface area contributed by atoms with Crippen LogP contribution < -0.4 is 0 Å². The SMILES string of the molecule is O=C(O)c1ccccc1SSc1c(Cl)cccc1C(=O)O. The molecular weight excluding hydrogens is 332 g/mol. The largest absolute Gasteiger partial charge is 0.478 e. The lowest BCUT2D eigenvalue weighted by atomic mass is 10.2. The lowest BCUT2D eigenvalue weighted by molar-refractivity contribution is 0.0682. The average molecular weight is 341 g/mol. The molecule has 21 heavy (non-hydrogen) atoms. The van der Waals surface area contributed by atoms with Crippen LogP contribution in [-0.4, -0.2) is 22.2 Å². The fourth-order valence-electron chi connectivity index (χ4n) is 1.56. The zero-order valence-electron chi connectivity index (χ0n) is 10.4. The number of hydrogen-bond donors (Lipinski definition) is 2. The van der Waals surface area contributed by atoms with Crippen LogP contribution in [0.25, 0.3) is 0 Å². The van der Waals surface area contributed by atoms with Crippen molar-refractivity contribution < 1.29 is 19.8 Å². The van der Waals surface area contributed by atoms with Crippen molar-refractivity contribution in [3.8, 4) is 0 Å². The molecule has 0 bridgehead atoms. The molecule has 2 aromatic rings. The second-order valence-electron chi connectivity index (χ2n) is 3.89. The van der Waals surface area contributed by atoms with E-state index in [1.165, 1.54) is 12.1 Å². The van der Waals surface area contributed by atoms with E-state index < -0.39 is 11.9 Å². The average Bonchev–Trinajstić information content (AvgIpc) is 2.45. The predicted octanol–water partition coefficient (Wildman–Crippen LogP) is 4.54. The quantitative estimate of drug-likeness (QED) is 0.778. The third-order valence-corrected chi connectivity index (χ3v) is 5.47. The van der Waals surface area contributed by atoms with Gasteiger partial charge in [0.15, 0.2) is 0 Å². The molecule has 0 atom stereocenters. The summed E-state index contributed by atoms with van der Waals surface area (Å²) in [5, 5.41) is 18.6. The van der Waals surface area contributed by atoms with Crippen LogP contribution in [-0.2, 0) is 0 Å². The standard InChI is InChI=1S/C14H9ClO4S2/c15-10-6-3-5-9(14(18)19)12(10)21-20-11-7-2-1-4-8(11)13(16)17/h1-7H,(H,16,17)(H,18,19). The Bertz CT molecular complexity index is 703. The zero-order chi connectivity index (χ0) is 15.4. The molecule has 0 saturated heterocycles. The molecule has 0 aromatic heterocycles. The molecule has 2 N–H and O–H groups in total. The van der Waals surface area contributed by atoms with Gasteiger partial charge in [0.05, 0.1) is 21.0 Å². The Morgan fingerprint density at radius 3 is 2.14 bits per heavy atom. The topological polar surface area (TPSA) is 74.6 Å². The van der Waals surface area contributed by atoms with Crippen LogP contribution in [0.5, 0.6) is 0 Å². The molecule has 0 heterocycles. The third-order valence-electron chi connectivity index (χ3n) is 2.53. The number of rotatable bonds is 5. The molecule has 0 radical (unpaired) electrons. The van der Waals surface area contributed by atoms with E-state index in [4.69, 9.17) is 21.8 Å². The lowest BCUT2D eigenvalue weighted by Gasteiger charge is -2.08. The van der Waals surface area contributed by atoms with Crippen LogP contribution in [0.4, 0.5) is 0 Å². The monoisotopic (exact) mass is 340 g/mol. The summed E-state index contributed by atoms with van der Waals surface area (Å²) in [5.41, 5.74) is 0.256. The van der Waals surface area contributed by atoms with Gasteiger partial charge in [-0.1, -0.05) is 51.4 Å². The first kappa shape index (κ1) is 15.8.